The average molecular weight is 359 g/mol. The van der Waals surface area contributed by atoms with Crippen LogP contribution in [0.25, 0.3) is 0 Å². The fraction of sp³-hybridized carbons (Fsp3) is 0.208. The van der Waals surface area contributed by atoms with Crippen molar-refractivity contribution in [2.75, 3.05) is 6.54 Å². The zero-order valence-electron chi connectivity index (χ0n) is 15.6. The summed E-state index contributed by atoms with van der Waals surface area (Å²) in [6, 6.07) is 28.0. The first-order valence-electron chi connectivity index (χ1n) is 9.31. The SMILES string of the molecule is CC(C(=O)NCCc1ccccc1)c1cccc(OCc2ccccc2)c1. The lowest BCUT2D eigenvalue weighted by Gasteiger charge is -2.14. The van der Waals surface area contributed by atoms with E-state index in [1.807, 2.05) is 79.7 Å². The monoisotopic (exact) mass is 359 g/mol. The molecule has 27 heavy (non-hydrogen) atoms. The Morgan fingerprint density at radius 3 is 2.26 bits per heavy atom. The van der Waals surface area contributed by atoms with Gasteiger partial charge in [0.25, 0.3) is 0 Å². The zero-order valence-corrected chi connectivity index (χ0v) is 15.6. The molecule has 1 N–H and O–H groups in total. The van der Waals surface area contributed by atoms with E-state index in [0.717, 1.165) is 23.3 Å². The zero-order chi connectivity index (χ0) is 18.9. The number of ether oxygens (including phenoxy) is 1. The Bertz CT molecular complexity index is 847. The van der Waals surface area contributed by atoms with Crippen LogP contribution in [0.15, 0.2) is 84.9 Å². The maximum atomic E-state index is 12.5. The predicted molar refractivity (Wildman–Crippen MR) is 109 cm³/mol. The van der Waals surface area contributed by atoms with Gasteiger partial charge in [-0.1, -0.05) is 72.8 Å². The molecule has 0 aliphatic carbocycles. The smallest absolute Gasteiger partial charge is 0.227 e. The summed E-state index contributed by atoms with van der Waals surface area (Å²) in [5, 5.41) is 3.03. The second-order valence-electron chi connectivity index (χ2n) is 6.60. The predicted octanol–water partition coefficient (Wildman–Crippen LogP) is 4.73. The number of carbonyl (C=O) groups is 1. The minimum Gasteiger partial charge on any atom is -0.489 e. The lowest BCUT2D eigenvalue weighted by molar-refractivity contribution is -0.122. The van der Waals surface area contributed by atoms with Crippen LogP contribution < -0.4 is 10.1 Å². The molecular formula is C24H25NO2. The van der Waals surface area contributed by atoms with Crippen LogP contribution >= 0.6 is 0 Å². The highest BCUT2D eigenvalue weighted by Crippen LogP contribution is 2.22. The molecule has 3 aromatic carbocycles. The lowest BCUT2D eigenvalue weighted by Crippen LogP contribution is -2.29. The largest absolute Gasteiger partial charge is 0.489 e. The van der Waals surface area contributed by atoms with Gasteiger partial charge in [-0.05, 0) is 42.2 Å². The van der Waals surface area contributed by atoms with Crippen molar-refractivity contribution in [2.45, 2.75) is 25.9 Å². The van der Waals surface area contributed by atoms with Crippen molar-refractivity contribution in [3.05, 3.63) is 102 Å². The van der Waals surface area contributed by atoms with Gasteiger partial charge in [0.1, 0.15) is 12.4 Å². The number of amides is 1. The van der Waals surface area contributed by atoms with E-state index in [0.29, 0.717) is 13.2 Å². The molecule has 1 amide bonds. The first-order chi connectivity index (χ1) is 13.2. The molecule has 3 nitrogen and oxygen atoms in total. The molecule has 0 bridgehead atoms. The van der Waals surface area contributed by atoms with Gasteiger partial charge in [0.05, 0.1) is 5.92 Å². The number of hydrogen-bond donors (Lipinski definition) is 1. The Morgan fingerprint density at radius 2 is 1.56 bits per heavy atom. The van der Waals surface area contributed by atoms with Crippen molar-refractivity contribution in [2.24, 2.45) is 0 Å². The maximum Gasteiger partial charge on any atom is 0.227 e. The Kier molecular flexibility index (Phi) is 6.64. The summed E-state index contributed by atoms with van der Waals surface area (Å²) in [7, 11) is 0. The van der Waals surface area contributed by atoms with E-state index in [9.17, 15) is 4.79 Å². The Labute approximate surface area is 161 Å². The van der Waals surface area contributed by atoms with E-state index >= 15 is 0 Å². The fourth-order valence-corrected chi connectivity index (χ4v) is 2.89. The van der Waals surface area contributed by atoms with Crippen LogP contribution in [0.5, 0.6) is 5.75 Å². The minimum absolute atomic E-state index is 0.0335. The van der Waals surface area contributed by atoms with E-state index < -0.39 is 0 Å². The Balaban J connectivity index is 1.52. The molecule has 0 aliphatic heterocycles. The minimum atomic E-state index is -0.221. The molecule has 3 aromatic rings. The lowest BCUT2D eigenvalue weighted by atomic mass is 10.00. The van der Waals surface area contributed by atoms with Crippen molar-refractivity contribution in [3.8, 4) is 5.75 Å². The number of hydrogen-bond acceptors (Lipinski definition) is 2. The quantitative estimate of drug-likeness (QED) is 0.631. The molecule has 3 heteroatoms. The van der Waals surface area contributed by atoms with Gasteiger partial charge >= 0.3 is 0 Å². The summed E-state index contributed by atoms with van der Waals surface area (Å²) in [4.78, 5) is 12.5. The van der Waals surface area contributed by atoms with Crippen LogP contribution in [-0.2, 0) is 17.8 Å². The van der Waals surface area contributed by atoms with Crippen molar-refractivity contribution in [1.29, 1.82) is 0 Å². The molecular weight excluding hydrogens is 334 g/mol. The molecule has 1 unspecified atom stereocenters. The van der Waals surface area contributed by atoms with Crippen LogP contribution in [0, 0.1) is 0 Å². The third kappa shape index (κ3) is 5.71. The van der Waals surface area contributed by atoms with Gasteiger partial charge in [-0.15, -0.1) is 0 Å². The first kappa shape index (κ1) is 18.7. The van der Waals surface area contributed by atoms with Crippen molar-refractivity contribution >= 4 is 5.91 Å². The van der Waals surface area contributed by atoms with E-state index in [2.05, 4.69) is 17.4 Å². The van der Waals surface area contributed by atoms with Gasteiger partial charge in [0.2, 0.25) is 5.91 Å². The average Bonchev–Trinajstić information content (AvgIpc) is 2.73. The third-order valence-corrected chi connectivity index (χ3v) is 4.56. The number of nitrogens with one attached hydrogen (secondary N) is 1. The number of carbonyl (C=O) groups excluding carboxylic acids is 1. The number of rotatable bonds is 8. The first-order valence-corrected chi connectivity index (χ1v) is 9.31. The molecule has 0 aromatic heterocycles. The number of benzene rings is 3. The van der Waals surface area contributed by atoms with E-state index in [4.69, 9.17) is 4.74 Å². The molecule has 0 heterocycles. The van der Waals surface area contributed by atoms with Crippen LogP contribution in [0.1, 0.15) is 29.5 Å². The third-order valence-electron chi connectivity index (χ3n) is 4.56. The summed E-state index contributed by atoms with van der Waals surface area (Å²) in [5.74, 6) is 0.590. The van der Waals surface area contributed by atoms with Gasteiger partial charge in [-0.2, -0.15) is 0 Å². The Hall–Kier alpha value is -3.07. The molecule has 0 fully saturated rings. The molecule has 0 spiro atoms. The summed E-state index contributed by atoms with van der Waals surface area (Å²) < 4.78 is 5.87. The van der Waals surface area contributed by atoms with Crippen LogP contribution in [0.3, 0.4) is 0 Å². The fourth-order valence-electron chi connectivity index (χ4n) is 2.89. The molecule has 1 atom stereocenters. The van der Waals surface area contributed by atoms with Crippen LogP contribution in [0.2, 0.25) is 0 Å². The van der Waals surface area contributed by atoms with Gasteiger partial charge in [0.15, 0.2) is 0 Å². The van der Waals surface area contributed by atoms with Gasteiger partial charge in [-0.25, -0.2) is 0 Å². The molecule has 3 rings (SSSR count). The summed E-state index contributed by atoms with van der Waals surface area (Å²) in [5.41, 5.74) is 3.30. The highest BCUT2D eigenvalue weighted by atomic mass is 16.5. The molecule has 0 aliphatic rings. The van der Waals surface area contributed by atoms with E-state index in [1.54, 1.807) is 0 Å². The second-order valence-corrected chi connectivity index (χ2v) is 6.60. The second kappa shape index (κ2) is 9.58. The topological polar surface area (TPSA) is 38.3 Å². The van der Waals surface area contributed by atoms with Crippen LogP contribution in [0.4, 0.5) is 0 Å². The van der Waals surface area contributed by atoms with Crippen LogP contribution in [-0.4, -0.2) is 12.5 Å². The van der Waals surface area contributed by atoms with Gasteiger partial charge in [0, 0.05) is 6.54 Å². The van der Waals surface area contributed by atoms with Crippen molar-refractivity contribution in [1.82, 2.24) is 5.32 Å². The molecule has 138 valence electrons. The normalized spacial score (nSPS) is 11.6. The highest BCUT2D eigenvalue weighted by Gasteiger charge is 2.15. The summed E-state index contributed by atoms with van der Waals surface area (Å²) >= 11 is 0. The Morgan fingerprint density at radius 1 is 0.889 bits per heavy atom. The molecule has 0 saturated carbocycles. The molecule has 0 radical (unpaired) electrons. The van der Waals surface area contributed by atoms with Crippen molar-refractivity contribution in [3.63, 3.8) is 0 Å². The maximum absolute atomic E-state index is 12.5. The highest BCUT2D eigenvalue weighted by molar-refractivity contribution is 5.83. The van der Waals surface area contributed by atoms with E-state index in [1.165, 1.54) is 5.56 Å². The summed E-state index contributed by atoms with van der Waals surface area (Å²) in [6.07, 6.45) is 0.833. The van der Waals surface area contributed by atoms with Crippen molar-refractivity contribution < 1.29 is 9.53 Å². The molecule has 0 saturated heterocycles. The van der Waals surface area contributed by atoms with Gasteiger partial charge in [-0.3, -0.25) is 4.79 Å². The summed E-state index contributed by atoms with van der Waals surface area (Å²) in [6.45, 7) is 3.08. The van der Waals surface area contributed by atoms with E-state index in [-0.39, 0.29) is 11.8 Å². The standard InChI is InChI=1S/C24H25NO2/c1-19(24(26)25-16-15-20-9-4-2-5-10-20)22-13-8-14-23(17-22)27-18-21-11-6-3-7-12-21/h2-14,17,19H,15-16,18H2,1H3,(H,25,26). The van der Waals surface area contributed by atoms with Gasteiger partial charge < -0.3 is 10.1 Å².